The number of hydrogen-bond donors (Lipinski definition) is 1. The van der Waals surface area contributed by atoms with Gasteiger partial charge in [-0.1, -0.05) is 29.8 Å². The molecular weight excluding hydrogens is 329 g/mol. The van der Waals surface area contributed by atoms with Crippen molar-refractivity contribution >= 4 is 17.2 Å². The second kappa shape index (κ2) is 7.69. The SMILES string of the molecule is COc1cc(Cl)ccc1COc1cc(C2=CCNCC2)ccc1F. The summed E-state index contributed by atoms with van der Waals surface area (Å²) in [5.41, 5.74) is 3.02. The Hall–Kier alpha value is -2.04. The van der Waals surface area contributed by atoms with E-state index in [2.05, 4.69) is 11.4 Å². The van der Waals surface area contributed by atoms with E-state index in [9.17, 15) is 4.39 Å². The third kappa shape index (κ3) is 3.89. The number of nitrogens with one attached hydrogen (secondary N) is 1. The highest BCUT2D eigenvalue weighted by Gasteiger charge is 2.11. The van der Waals surface area contributed by atoms with Crippen LogP contribution in [0.15, 0.2) is 42.5 Å². The molecule has 0 saturated carbocycles. The van der Waals surface area contributed by atoms with Crippen molar-refractivity contribution in [3.8, 4) is 11.5 Å². The summed E-state index contributed by atoms with van der Waals surface area (Å²) in [6, 6.07) is 10.3. The van der Waals surface area contributed by atoms with Crippen LogP contribution >= 0.6 is 11.6 Å². The molecule has 2 aromatic carbocycles. The number of benzene rings is 2. The van der Waals surface area contributed by atoms with Gasteiger partial charge >= 0.3 is 0 Å². The first-order valence-corrected chi connectivity index (χ1v) is 8.20. The predicted octanol–water partition coefficient (Wildman–Crippen LogP) is 4.44. The maximum absolute atomic E-state index is 14.1. The van der Waals surface area contributed by atoms with Crippen molar-refractivity contribution in [3.63, 3.8) is 0 Å². The van der Waals surface area contributed by atoms with Gasteiger partial charge in [0.05, 0.1) is 7.11 Å². The number of hydrogen-bond acceptors (Lipinski definition) is 3. The van der Waals surface area contributed by atoms with Gasteiger partial charge in [0.1, 0.15) is 12.4 Å². The summed E-state index contributed by atoms with van der Waals surface area (Å²) in [4.78, 5) is 0. The maximum atomic E-state index is 14.1. The van der Waals surface area contributed by atoms with E-state index in [0.717, 1.165) is 30.6 Å². The van der Waals surface area contributed by atoms with E-state index in [0.29, 0.717) is 10.8 Å². The van der Waals surface area contributed by atoms with Crippen LogP contribution in [0, 0.1) is 5.82 Å². The fourth-order valence-electron chi connectivity index (χ4n) is 2.69. The summed E-state index contributed by atoms with van der Waals surface area (Å²) in [7, 11) is 1.57. The second-order valence-corrected chi connectivity index (χ2v) is 6.01. The van der Waals surface area contributed by atoms with Crippen LogP contribution in [-0.4, -0.2) is 20.2 Å². The first kappa shape index (κ1) is 16.8. The van der Waals surface area contributed by atoms with Crippen LogP contribution in [0.2, 0.25) is 5.02 Å². The van der Waals surface area contributed by atoms with Gasteiger partial charge in [-0.3, -0.25) is 0 Å². The Morgan fingerprint density at radius 2 is 2.04 bits per heavy atom. The van der Waals surface area contributed by atoms with Gasteiger partial charge in [0, 0.05) is 17.1 Å². The Bertz CT molecular complexity index is 761. The van der Waals surface area contributed by atoms with Crippen molar-refractivity contribution in [1.29, 1.82) is 0 Å². The van der Waals surface area contributed by atoms with Crippen molar-refractivity contribution in [2.45, 2.75) is 13.0 Å². The Kier molecular flexibility index (Phi) is 5.38. The van der Waals surface area contributed by atoms with E-state index in [-0.39, 0.29) is 18.2 Å². The summed E-state index contributed by atoms with van der Waals surface area (Å²) < 4.78 is 25.1. The van der Waals surface area contributed by atoms with Crippen LogP contribution in [0.4, 0.5) is 4.39 Å². The molecule has 24 heavy (non-hydrogen) atoms. The first-order chi connectivity index (χ1) is 11.7. The molecule has 1 aliphatic heterocycles. The van der Waals surface area contributed by atoms with Gasteiger partial charge in [0.25, 0.3) is 0 Å². The molecule has 0 atom stereocenters. The summed E-state index contributed by atoms with van der Waals surface area (Å²) in [6.45, 7) is 1.98. The molecule has 1 heterocycles. The predicted molar refractivity (Wildman–Crippen MR) is 94.2 cm³/mol. The van der Waals surface area contributed by atoms with E-state index in [1.165, 1.54) is 11.6 Å². The molecule has 0 fully saturated rings. The lowest BCUT2D eigenvalue weighted by Crippen LogP contribution is -2.20. The van der Waals surface area contributed by atoms with Gasteiger partial charge in [0.15, 0.2) is 11.6 Å². The maximum Gasteiger partial charge on any atom is 0.165 e. The van der Waals surface area contributed by atoms with Crippen molar-refractivity contribution in [1.82, 2.24) is 5.32 Å². The molecule has 0 aromatic heterocycles. The molecule has 0 radical (unpaired) electrons. The summed E-state index contributed by atoms with van der Waals surface area (Å²) in [5, 5.41) is 3.85. The Balaban J connectivity index is 1.79. The molecule has 0 aliphatic carbocycles. The topological polar surface area (TPSA) is 30.5 Å². The van der Waals surface area contributed by atoms with Gasteiger partial charge in [-0.25, -0.2) is 4.39 Å². The van der Waals surface area contributed by atoms with Crippen molar-refractivity contribution in [3.05, 3.63) is 64.4 Å². The third-order valence-electron chi connectivity index (χ3n) is 4.00. The molecule has 0 amide bonds. The van der Waals surface area contributed by atoms with Crippen molar-refractivity contribution < 1.29 is 13.9 Å². The summed E-state index contributed by atoms with van der Waals surface area (Å²) in [6.07, 6.45) is 3.05. The molecule has 0 bridgehead atoms. The lowest BCUT2D eigenvalue weighted by Gasteiger charge is -2.16. The normalized spacial score (nSPS) is 14.2. The van der Waals surface area contributed by atoms with E-state index >= 15 is 0 Å². The lowest BCUT2D eigenvalue weighted by atomic mass is 10.00. The van der Waals surface area contributed by atoms with Gasteiger partial charge < -0.3 is 14.8 Å². The minimum Gasteiger partial charge on any atom is -0.496 e. The molecule has 1 N–H and O–H groups in total. The van der Waals surface area contributed by atoms with E-state index < -0.39 is 0 Å². The fraction of sp³-hybridized carbons (Fsp3) is 0.263. The average molecular weight is 348 g/mol. The van der Waals surface area contributed by atoms with Crippen LogP contribution in [0.1, 0.15) is 17.5 Å². The highest BCUT2D eigenvalue weighted by atomic mass is 35.5. The number of rotatable bonds is 5. The first-order valence-electron chi connectivity index (χ1n) is 7.82. The molecule has 126 valence electrons. The minimum absolute atomic E-state index is 0.210. The van der Waals surface area contributed by atoms with Crippen LogP contribution in [0.3, 0.4) is 0 Å². The van der Waals surface area contributed by atoms with Crippen LogP contribution in [0.5, 0.6) is 11.5 Å². The van der Waals surface area contributed by atoms with Crippen molar-refractivity contribution in [2.75, 3.05) is 20.2 Å². The van der Waals surface area contributed by atoms with Gasteiger partial charge in [-0.2, -0.15) is 0 Å². The number of methoxy groups -OCH3 is 1. The average Bonchev–Trinajstić information content (AvgIpc) is 2.62. The van der Waals surface area contributed by atoms with E-state index in [1.807, 2.05) is 6.07 Å². The molecule has 3 nitrogen and oxygen atoms in total. The van der Waals surface area contributed by atoms with Crippen molar-refractivity contribution in [2.24, 2.45) is 0 Å². The molecule has 0 unspecified atom stereocenters. The van der Waals surface area contributed by atoms with Crippen LogP contribution in [-0.2, 0) is 6.61 Å². The molecule has 1 aliphatic rings. The van der Waals surface area contributed by atoms with E-state index in [1.54, 1.807) is 31.4 Å². The Labute approximate surface area is 146 Å². The Morgan fingerprint density at radius 1 is 1.17 bits per heavy atom. The minimum atomic E-state index is -0.374. The molecule has 3 rings (SSSR count). The summed E-state index contributed by atoms with van der Waals surface area (Å²) >= 11 is 5.95. The zero-order chi connectivity index (χ0) is 16.9. The fourth-order valence-corrected chi connectivity index (χ4v) is 2.85. The third-order valence-corrected chi connectivity index (χ3v) is 4.23. The molecule has 0 saturated heterocycles. The van der Waals surface area contributed by atoms with Gasteiger partial charge in [-0.05, 0) is 48.4 Å². The standard InChI is InChI=1S/C19H19ClFNO2/c1-23-18-11-16(20)4-2-15(18)12-24-19-10-14(3-5-17(19)21)13-6-8-22-9-7-13/h2-6,10-11,22H,7-9,12H2,1H3. The zero-order valence-corrected chi connectivity index (χ0v) is 14.2. The summed E-state index contributed by atoms with van der Waals surface area (Å²) in [5.74, 6) is 0.491. The quantitative estimate of drug-likeness (QED) is 0.867. The molecular formula is C19H19ClFNO2. The largest absolute Gasteiger partial charge is 0.496 e. The van der Waals surface area contributed by atoms with Crippen LogP contribution < -0.4 is 14.8 Å². The van der Waals surface area contributed by atoms with E-state index in [4.69, 9.17) is 21.1 Å². The number of ether oxygens (including phenoxy) is 2. The van der Waals surface area contributed by atoms with Gasteiger partial charge in [-0.15, -0.1) is 0 Å². The smallest absolute Gasteiger partial charge is 0.165 e. The second-order valence-electron chi connectivity index (χ2n) is 5.57. The molecule has 0 spiro atoms. The molecule has 2 aromatic rings. The Morgan fingerprint density at radius 3 is 2.79 bits per heavy atom. The lowest BCUT2D eigenvalue weighted by molar-refractivity contribution is 0.282. The van der Waals surface area contributed by atoms with Gasteiger partial charge in [0.2, 0.25) is 0 Å². The van der Waals surface area contributed by atoms with Crippen LogP contribution in [0.25, 0.3) is 5.57 Å². The monoisotopic (exact) mass is 347 g/mol. The molecule has 5 heteroatoms. The zero-order valence-electron chi connectivity index (χ0n) is 13.4. The number of halogens is 2. The highest BCUT2D eigenvalue weighted by Crippen LogP contribution is 2.28. The highest BCUT2D eigenvalue weighted by molar-refractivity contribution is 6.30.